The Hall–Kier alpha value is -0.0400. The molecule has 1 heterocycles. The van der Waals surface area contributed by atoms with Crippen molar-refractivity contribution in [2.24, 2.45) is 16.8 Å². The van der Waals surface area contributed by atoms with Gasteiger partial charge in [0.25, 0.3) is 0 Å². The summed E-state index contributed by atoms with van der Waals surface area (Å²) in [6.07, 6.45) is 10.8. The van der Waals surface area contributed by atoms with Gasteiger partial charge in [0.2, 0.25) is 0 Å². The van der Waals surface area contributed by atoms with Gasteiger partial charge in [0.15, 0.2) is 5.96 Å². The average Bonchev–Trinajstić information content (AvgIpc) is 3.28. The Morgan fingerprint density at radius 1 is 1.00 bits per heavy atom. The summed E-state index contributed by atoms with van der Waals surface area (Å²) >= 11 is 0. The highest BCUT2D eigenvalue weighted by Gasteiger charge is 2.43. The summed E-state index contributed by atoms with van der Waals surface area (Å²) in [5.41, 5.74) is 0. The molecule has 2 saturated carbocycles. The molecule has 5 heteroatoms. The smallest absolute Gasteiger partial charge is 0.191 e. The van der Waals surface area contributed by atoms with E-state index in [-0.39, 0.29) is 24.0 Å². The van der Waals surface area contributed by atoms with Gasteiger partial charge in [0.05, 0.1) is 0 Å². The molecule has 2 aliphatic carbocycles. The van der Waals surface area contributed by atoms with Crippen LogP contribution in [0.4, 0.5) is 0 Å². The van der Waals surface area contributed by atoms with Gasteiger partial charge in [-0.15, -0.1) is 24.0 Å². The van der Waals surface area contributed by atoms with Gasteiger partial charge in [0, 0.05) is 32.3 Å². The lowest BCUT2D eigenvalue weighted by Crippen LogP contribution is -2.46. The maximum Gasteiger partial charge on any atom is 0.191 e. The first-order valence-corrected chi connectivity index (χ1v) is 8.44. The van der Waals surface area contributed by atoms with E-state index in [2.05, 4.69) is 15.6 Å². The van der Waals surface area contributed by atoms with Crippen LogP contribution in [0.25, 0.3) is 0 Å². The maximum absolute atomic E-state index is 5.40. The zero-order chi connectivity index (χ0) is 13.8. The molecule has 4 nitrogen and oxygen atoms in total. The highest BCUT2D eigenvalue weighted by atomic mass is 127. The van der Waals surface area contributed by atoms with Crippen molar-refractivity contribution in [1.82, 2.24) is 10.6 Å². The normalized spacial score (nSPS) is 31.4. The molecular weight excluding hydrogens is 377 g/mol. The Morgan fingerprint density at radius 2 is 1.71 bits per heavy atom. The zero-order valence-corrected chi connectivity index (χ0v) is 15.5. The van der Waals surface area contributed by atoms with Gasteiger partial charge in [-0.1, -0.05) is 32.1 Å². The van der Waals surface area contributed by atoms with E-state index in [1.54, 1.807) is 0 Å². The van der Waals surface area contributed by atoms with E-state index in [0.29, 0.717) is 12.1 Å². The van der Waals surface area contributed by atoms with Gasteiger partial charge in [-0.3, -0.25) is 4.99 Å². The highest BCUT2D eigenvalue weighted by molar-refractivity contribution is 14.0. The summed E-state index contributed by atoms with van der Waals surface area (Å²) in [5.74, 6) is 2.88. The minimum absolute atomic E-state index is 0. The number of nitrogens with one attached hydrogen (secondary N) is 2. The van der Waals surface area contributed by atoms with Gasteiger partial charge < -0.3 is 15.4 Å². The summed E-state index contributed by atoms with van der Waals surface area (Å²) in [4.78, 5) is 4.40. The number of aliphatic imine (C=N–C) groups is 1. The molecule has 3 rings (SSSR count). The van der Waals surface area contributed by atoms with Crippen molar-refractivity contribution >= 4 is 29.9 Å². The SMILES string of the molecule is CN=C(NC1CCOCC1)NC1CC1C1CCCCC1.I. The van der Waals surface area contributed by atoms with E-state index in [4.69, 9.17) is 4.74 Å². The third-order valence-corrected chi connectivity index (χ3v) is 5.20. The van der Waals surface area contributed by atoms with E-state index in [1.165, 1.54) is 38.5 Å². The molecule has 1 aliphatic heterocycles. The molecule has 0 aromatic rings. The second-order valence-corrected chi connectivity index (χ2v) is 6.65. The van der Waals surface area contributed by atoms with Gasteiger partial charge in [0.1, 0.15) is 0 Å². The number of hydrogen-bond donors (Lipinski definition) is 2. The lowest BCUT2D eigenvalue weighted by Gasteiger charge is -2.26. The zero-order valence-electron chi connectivity index (χ0n) is 13.1. The summed E-state index contributed by atoms with van der Waals surface area (Å²) in [5, 5.41) is 7.19. The van der Waals surface area contributed by atoms with Crippen molar-refractivity contribution < 1.29 is 4.74 Å². The number of nitrogens with zero attached hydrogens (tertiary/aromatic N) is 1. The van der Waals surface area contributed by atoms with Crippen molar-refractivity contribution in [3.8, 4) is 0 Å². The molecule has 0 spiro atoms. The largest absolute Gasteiger partial charge is 0.381 e. The fourth-order valence-electron chi connectivity index (χ4n) is 3.85. The lowest BCUT2D eigenvalue weighted by atomic mass is 9.85. The molecule has 2 N–H and O–H groups in total. The van der Waals surface area contributed by atoms with Crippen molar-refractivity contribution in [1.29, 1.82) is 0 Å². The average molecular weight is 407 g/mol. The third kappa shape index (κ3) is 4.98. The van der Waals surface area contributed by atoms with Crippen LogP contribution in [0.15, 0.2) is 4.99 Å². The Kier molecular flexibility index (Phi) is 7.05. The van der Waals surface area contributed by atoms with Crippen molar-refractivity contribution in [2.45, 2.75) is 63.5 Å². The fraction of sp³-hybridized carbons (Fsp3) is 0.938. The number of ether oxygens (including phenoxy) is 1. The van der Waals surface area contributed by atoms with E-state index in [1.807, 2.05) is 7.05 Å². The quantitative estimate of drug-likeness (QED) is 0.430. The number of hydrogen-bond acceptors (Lipinski definition) is 2. The number of halogens is 1. The first-order chi connectivity index (χ1) is 9.86. The van der Waals surface area contributed by atoms with Crippen molar-refractivity contribution in [3.63, 3.8) is 0 Å². The van der Waals surface area contributed by atoms with Crippen LogP contribution in [0.2, 0.25) is 0 Å². The standard InChI is InChI=1S/C16H29N3O.HI/c1-17-16(18-13-7-9-20-10-8-13)19-15-11-14(15)12-5-3-2-4-6-12;/h12-15H,2-11H2,1H3,(H2,17,18,19);1H. The molecule has 2 unspecified atom stereocenters. The molecule has 21 heavy (non-hydrogen) atoms. The summed E-state index contributed by atoms with van der Waals surface area (Å²) in [7, 11) is 1.88. The Labute approximate surface area is 145 Å². The Balaban J connectivity index is 0.00000161. The molecule has 0 aromatic heterocycles. The fourth-order valence-corrected chi connectivity index (χ4v) is 3.85. The predicted molar refractivity (Wildman–Crippen MR) is 97.4 cm³/mol. The minimum atomic E-state index is 0. The van der Waals surface area contributed by atoms with Crippen LogP contribution in [-0.2, 0) is 4.74 Å². The minimum Gasteiger partial charge on any atom is -0.381 e. The number of rotatable bonds is 3. The molecule has 0 aromatic carbocycles. The van der Waals surface area contributed by atoms with Crippen LogP contribution in [0.5, 0.6) is 0 Å². The summed E-state index contributed by atoms with van der Waals surface area (Å²) in [6, 6.07) is 1.20. The van der Waals surface area contributed by atoms with Gasteiger partial charge in [-0.2, -0.15) is 0 Å². The molecule has 2 atom stereocenters. The van der Waals surface area contributed by atoms with Crippen LogP contribution in [0.3, 0.4) is 0 Å². The first kappa shape index (κ1) is 17.3. The topological polar surface area (TPSA) is 45.7 Å². The highest BCUT2D eigenvalue weighted by Crippen LogP contribution is 2.44. The molecule has 122 valence electrons. The maximum atomic E-state index is 5.40. The second kappa shape index (κ2) is 8.56. The lowest BCUT2D eigenvalue weighted by molar-refractivity contribution is 0.0822. The van der Waals surface area contributed by atoms with Crippen LogP contribution in [0.1, 0.15) is 51.4 Å². The monoisotopic (exact) mass is 407 g/mol. The number of guanidine groups is 1. The van der Waals surface area contributed by atoms with E-state index < -0.39 is 0 Å². The van der Waals surface area contributed by atoms with Crippen LogP contribution in [-0.4, -0.2) is 38.3 Å². The van der Waals surface area contributed by atoms with Gasteiger partial charge >= 0.3 is 0 Å². The Bertz CT molecular complexity index is 338. The van der Waals surface area contributed by atoms with E-state index >= 15 is 0 Å². The first-order valence-electron chi connectivity index (χ1n) is 8.44. The molecule has 3 fully saturated rings. The van der Waals surface area contributed by atoms with Crippen LogP contribution < -0.4 is 10.6 Å². The van der Waals surface area contributed by atoms with Gasteiger partial charge in [-0.05, 0) is 31.1 Å². The van der Waals surface area contributed by atoms with Crippen LogP contribution >= 0.6 is 24.0 Å². The van der Waals surface area contributed by atoms with Crippen molar-refractivity contribution in [3.05, 3.63) is 0 Å². The van der Waals surface area contributed by atoms with E-state index in [9.17, 15) is 0 Å². The molecule has 0 bridgehead atoms. The third-order valence-electron chi connectivity index (χ3n) is 5.20. The molecule has 3 aliphatic rings. The molecule has 0 amide bonds. The van der Waals surface area contributed by atoms with Crippen molar-refractivity contribution in [2.75, 3.05) is 20.3 Å². The Morgan fingerprint density at radius 3 is 2.38 bits per heavy atom. The van der Waals surface area contributed by atoms with Gasteiger partial charge in [-0.25, -0.2) is 0 Å². The predicted octanol–water partition coefficient (Wildman–Crippen LogP) is 2.92. The molecule has 0 radical (unpaired) electrons. The molecular formula is C16H30IN3O. The van der Waals surface area contributed by atoms with Crippen LogP contribution in [0, 0.1) is 11.8 Å². The second-order valence-electron chi connectivity index (χ2n) is 6.65. The van der Waals surface area contributed by atoms with E-state index in [0.717, 1.165) is 43.9 Å². The molecule has 1 saturated heterocycles. The summed E-state index contributed by atoms with van der Waals surface area (Å²) in [6.45, 7) is 1.76. The summed E-state index contributed by atoms with van der Waals surface area (Å²) < 4.78 is 5.40.